The smallest absolute Gasteiger partial charge is 0.0540 e. The third-order valence-corrected chi connectivity index (χ3v) is 11.2. The Morgan fingerprint density at radius 2 is 0.980 bits per heavy atom. The maximum Gasteiger partial charge on any atom is 0.0540 e. The number of hydrogen-bond donors (Lipinski definition) is 0. The summed E-state index contributed by atoms with van der Waals surface area (Å²) >= 11 is 1.87. The zero-order chi connectivity index (χ0) is 33.0. The van der Waals surface area contributed by atoms with Crippen molar-refractivity contribution in [1.29, 1.82) is 0 Å². The molecule has 0 spiro atoms. The van der Waals surface area contributed by atoms with Crippen LogP contribution in [0.5, 0.6) is 0 Å². The van der Waals surface area contributed by atoms with E-state index in [1.807, 2.05) is 11.3 Å². The normalized spacial score (nSPS) is 11.6. The molecule has 1 aromatic heterocycles. The second-order valence-electron chi connectivity index (χ2n) is 12.9. The third kappa shape index (κ3) is 4.76. The average Bonchev–Trinajstić information content (AvgIpc) is 3.58. The number of nitrogens with zero attached hydrogens (tertiary/aromatic N) is 1. The minimum absolute atomic E-state index is 1.12. The van der Waals surface area contributed by atoms with E-state index in [0.717, 1.165) is 17.1 Å². The summed E-state index contributed by atoms with van der Waals surface area (Å²) in [4.78, 5) is 2.40. The van der Waals surface area contributed by atoms with Gasteiger partial charge in [-0.05, 0) is 97.5 Å². The number of anilines is 3. The summed E-state index contributed by atoms with van der Waals surface area (Å²) in [6.07, 6.45) is 0. The first-order valence-electron chi connectivity index (χ1n) is 17.1. The molecule has 10 aromatic rings. The molecule has 10 rings (SSSR count). The highest BCUT2D eigenvalue weighted by Gasteiger charge is 2.18. The van der Waals surface area contributed by atoms with Gasteiger partial charge in [0.25, 0.3) is 0 Å². The number of fused-ring (bicyclic) bond motifs is 8. The Morgan fingerprint density at radius 3 is 1.88 bits per heavy atom. The molecular formula is C48H31NS. The van der Waals surface area contributed by atoms with E-state index in [0.29, 0.717) is 0 Å². The SMILES string of the molecule is c1ccc(-c2ccccc2N(c2ccc(-c3ccc4c(ccc5sc6ccccc6c54)c3)cc2)c2ccc3c(ccc4ccccc43)c2)cc1. The Hall–Kier alpha value is -6.22. The maximum absolute atomic E-state index is 2.40. The molecule has 9 aromatic carbocycles. The standard InChI is InChI=1S/C48H31NS/c1-2-10-33(11-3-1)42-14-6-8-16-45(42)49(39-26-28-41-37(31-39)19-18-34-12-4-5-13-40(34)41)38-24-20-32(21-25-38)35-22-27-43-36(30-35)23-29-47-48(43)44-15-7-9-17-46(44)50-47/h1-31H. The van der Waals surface area contributed by atoms with E-state index >= 15 is 0 Å². The van der Waals surface area contributed by atoms with Crippen LogP contribution in [0.3, 0.4) is 0 Å². The summed E-state index contributed by atoms with van der Waals surface area (Å²) in [5.41, 5.74) is 8.19. The Morgan fingerprint density at radius 1 is 0.340 bits per heavy atom. The van der Waals surface area contributed by atoms with Crippen molar-refractivity contribution in [3.8, 4) is 22.3 Å². The molecule has 0 radical (unpaired) electrons. The molecule has 50 heavy (non-hydrogen) atoms. The molecule has 0 aliphatic rings. The molecule has 0 amide bonds. The van der Waals surface area contributed by atoms with Crippen LogP contribution in [0.4, 0.5) is 17.1 Å². The van der Waals surface area contributed by atoms with Crippen molar-refractivity contribution >= 4 is 80.9 Å². The quantitative estimate of drug-likeness (QED) is 0.167. The molecule has 0 bridgehead atoms. The third-order valence-electron chi connectivity index (χ3n) is 10.0. The summed E-state index contributed by atoms with van der Waals surface area (Å²) in [5, 5.41) is 10.3. The Bertz CT molecular complexity index is 2870. The van der Waals surface area contributed by atoms with Crippen LogP contribution >= 0.6 is 11.3 Å². The van der Waals surface area contributed by atoms with Crippen LogP contribution in [0.25, 0.3) is 74.7 Å². The van der Waals surface area contributed by atoms with E-state index in [-0.39, 0.29) is 0 Å². The van der Waals surface area contributed by atoms with Gasteiger partial charge in [-0.15, -0.1) is 11.3 Å². The fourth-order valence-electron chi connectivity index (χ4n) is 7.63. The number of rotatable bonds is 5. The molecule has 0 aliphatic carbocycles. The van der Waals surface area contributed by atoms with Gasteiger partial charge in [0.1, 0.15) is 0 Å². The number of hydrogen-bond acceptors (Lipinski definition) is 2. The molecule has 234 valence electrons. The van der Waals surface area contributed by atoms with Gasteiger partial charge < -0.3 is 4.90 Å². The molecule has 0 fully saturated rings. The summed E-state index contributed by atoms with van der Waals surface area (Å²) in [6.45, 7) is 0. The van der Waals surface area contributed by atoms with Gasteiger partial charge >= 0.3 is 0 Å². The van der Waals surface area contributed by atoms with Crippen LogP contribution in [0.15, 0.2) is 188 Å². The van der Waals surface area contributed by atoms with E-state index in [2.05, 4.69) is 193 Å². The fourth-order valence-corrected chi connectivity index (χ4v) is 8.75. The largest absolute Gasteiger partial charge is 0.310 e. The van der Waals surface area contributed by atoms with Gasteiger partial charge in [-0.2, -0.15) is 0 Å². The molecule has 0 N–H and O–H groups in total. The van der Waals surface area contributed by atoms with Crippen LogP contribution < -0.4 is 4.90 Å². The highest BCUT2D eigenvalue weighted by molar-refractivity contribution is 7.26. The molecule has 0 saturated heterocycles. The van der Waals surface area contributed by atoms with Gasteiger partial charge in [-0.1, -0.05) is 140 Å². The van der Waals surface area contributed by atoms with Crippen LogP contribution in [0.2, 0.25) is 0 Å². The summed E-state index contributed by atoms with van der Waals surface area (Å²) in [5.74, 6) is 0. The zero-order valence-electron chi connectivity index (χ0n) is 27.3. The number of thiophene rings is 1. The predicted molar refractivity (Wildman–Crippen MR) is 217 cm³/mol. The van der Waals surface area contributed by atoms with Crippen molar-refractivity contribution in [3.05, 3.63) is 188 Å². The first-order chi connectivity index (χ1) is 24.8. The fraction of sp³-hybridized carbons (Fsp3) is 0. The van der Waals surface area contributed by atoms with Gasteiger partial charge in [0.15, 0.2) is 0 Å². The molecule has 0 atom stereocenters. The summed E-state index contributed by atoms with van der Waals surface area (Å²) < 4.78 is 2.68. The van der Waals surface area contributed by atoms with Gasteiger partial charge in [-0.3, -0.25) is 0 Å². The van der Waals surface area contributed by atoms with Crippen molar-refractivity contribution in [1.82, 2.24) is 0 Å². The second-order valence-corrected chi connectivity index (χ2v) is 14.0. The highest BCUT2D eigenvalue weighted by Crippen LogP contribution is 2.43. The maximum atomic E-state index is 2.40. The van der Waals surface area contributed by atoms with E-state index in [9.17, 15) is 0 Å². The van der Waals surface area contributed by atoms with Crippen molar-refractivity contribution in [2.45, 2.75) is 0 Å². The zero-order valence-corrected chi connectivity index (χ0v) is 28.1. The van der Waals surface area contributed by atoms with E-state index in [1.54, 1.807) is 0 Å². The molecule has 1 heterocycles. The van der Waals surface area contributed by atoms with Gasteiger partial charge in [0.2, 0.25) is 0 Å². The highest BCUT2D eigenvalue weighted by atomic mass is 32.1. The van der Waals surface area contributed by atoms with E-state index in [4.69, 9.17) is 0 Å². The van der Waals surface area contributed by atoms with Gasteiger partial charge in [0.05, 0.1) is 5.69 Å². The van der Waals surface area contributed by atoms with Crippen molar-refractivity contribution in [2.24, 2.45) is 0 Å². The second kappa shape index (κ2) is 11.7. The Labute approximate surface area is 294 Å². The molecule has 2 heteroatoms. The van der Waals surface area contributed by atoms with Crippen molar-refractivity contribution < 1.29 is 0 Å². The van der Waals surface area contributed by atoms with Crippen molar-refractivity contribution in [3.63, 3.8) is 0 Å². The lowest BCUT2D eigenvalue weighted by molar-refractivity contribution is 1.29. The molecule has 0 unspecified atom stereocenters. The van der Waals surface area contributed by atoms with Gasteiger partial charge in [-0.25, -0.2) is 0 Å². The summed E-state index contributed by atoms with van der Waals surface area (Å²) in [6, 6.07) is 68.7. The predicted octanol–water partition coefficient (Wildman–Crippen LogP) is 14.3. The van der Waals surface area contributed by atoms with E-state index < -0.39 is 0 Å². The summed E-state index contributed by atoms with van der Waals surface area (Å²) in [7, 11) is 0. The minimum Gasteiger partial charge on any atom is -0.310 e. The van der Waals surface area contributed by atoms with Crippen LogP contribution in [-0.2, 0) is 0 Å². The minimum atomic E-state index is 1.12. The molecular weight excluding hydrogens is 623 g/mol. The van der Waals surface area contributed by atoms with E-state index in [1.165, 1.54) is 74.7 Å². The number of benzene rings is 9. The molecule has 1 nitrogen and oxygen atoms in total. The lowest BCUT2D eigenvalue weighted by Crippen LogP contribution is -2.11. The number of para-hydroxylation sites is 1. The van der Waals surface area contributed by atoms with Crippen LogP contribution in [-0.4, -0.2) is 0 Å². The van der Waals surface area contributed by atoms with Crippen LogP contribution in [0.1, 0.15) is 0 Å². The first-order valence-corrected chi connectivity index (χ1v) is 17.9. The van der Waals surface area contributed by atoms with Gasteiger partial charge in [0, 0.05) is 37.1 Å². The topological polar surface area (TPSA) is 3.24 Å². The lowest BCUT2D eigenvalue weighted by Gasteiger charge is -2.28. The van der Waals surface area contributed by atoms with Crippen molar-refractivity contribution in [2.75, 3.05) is 4.90 Å². The van der Waals surface area contributed by atoms with Crippen LogP contribution in [0, 0.1) is 0 Å². The first kappa shape index (κ1) is 28.8. The Kier molecular flexibility index (Phi) is 6.75. The average molecular weight is 654 g/mol. The molecule has 0 aliphatic heterocycles. The lowest BCUT2D eigenvalue weighted by atomic mass is 9.97. The molecule has 0 saturated carbocycles. The Balaban J connectivity index is 1.10. The monoisotopic (exact) mass is 653 g/mol.